The highest BCUT2D eigenvalue weighted by atomic mass is 16.2. The van der Waals surface area contributed by atoms with Gasteiger partial charge in [0.15, 0.2) is 0 Å². The molecule has 0 aliphatic rings. The summed E-state index contributed by atoms with van der Waals surface area (Å²) in [4.78, 5) is 13.5. The van der Waals surface area contributed by atoms with Crippen molar-refractivity contribution in [3.8, 4) is 0 Å². The Kier molecular flexibility index (Phi) is 6.54. The Morgan fingerprint density at radius 3 is 2.36 bits per heavy atom. The normalized spacial score (nSPS) is 13.0. The van der Waals surface area contributed by atoms with Crippen molar-refractivity contribution in [2.45, 2.75) is 40.2 Å². The number of likely N-dealkylation sites (N-methyl/N-ethyl adjacent to an activating group) is 1. The third kappa shape index (κ3) is 5.22. The smallest absolute Gasteiger partial charge is 0.225 e. The first-order valence-corrected chi connectivity index (χ1v) is 5.47. The molecule has 1 amide bonds. The highest BCUT2D eigenvalue weighted by Gasteiger charge is 2.14. The van der Waals surface area contributed by atoms with Crippen molar-refractivity contribution in [3.05, 3.63) is 0 Å². The predicted octanol–water partition coefficient (Wildman–Crippen LogP) is 1.49. The fourth-order valence-electron chi connectivity index (χ4n) is 1.18. The molecule has 0 aliphatic carbocycles. The second kappa shape index (κ2) is 6.82. The minimum atomic E-state index is 0.152. The van der Waals surface area contributed by atoms with Gasteiger partial charge < -0.3 is 10.2 Å². The van der Waals surface area contributed by atoms with Crippen molar-refractivity contribution < 1.29 is 4.79 Å². The number of amides is 1. The van der Waals surface area contributed by atoms with E-state index in [1.807, 2.05) is 25.8 Å². The van der Waals surface area contributed by atoms with Gasteiger partial charge in [-0.3, -0.25) is 4.79 Å². The molecule has 0 saturated heterocycles. The van der Waals surface area contributed by atoms with E-state index in [0.717, 1.165) is 19.5 Å². The highest BCUT2D eigenvalue weighted by Crippen LogP contribution is 2.04. The quantitative estimate of drug-likeness (QED) is 0.704. The fourth-order valence-corrected chi connectivity index (χ4v) is 1.18. The lowest BCUT2D eigenvalue weighted by Crippen LogP contribution is -2.38. The number of hydrogen-bond donors (Lipinski definition) is 1. The van der Waals surface area contributed by atoms with E-state index in [1.165, 1.54) is 0 Å². The van der Waals surface area contributed by atoms with Gasteiger partial charge in [-0.05, 0) is 6.42 Å². The van der Waals surface area contributed by atoms with E-state index in [2.05, 4.69) is 19.2 Å². The van der Waals surface area contributed by atoms with Gasteiger partial charge in [0.05, 0.1) is 0 Å². The molecule has 3 heteroatoms. The maximum atomic E-state index is 11.6. The number of nitrogens with one attached hydrogen (secondary N) is 1. The van der Waals surface area contributed by atoms with Crippen molar-refractivity contribution in [1.29, 1.82) is 0 Å². The topological polar surface area (TPSA) is 32.3 Å². The molecule has 3 nitrogen and oxygen atoms in total. The Bertz CT molecular complexity index is 169. The van der Waals surface area contributed by atoms with Crippen LogP contribution in [0.5, 0.6) is 0 Å². The van der Waals surface area contributed by atoms with Crippen LogP contribution in [0.2, 0.25) is 0 Å². The van der Waals surface area contributed by atoms with Gasteiger partial charge in [0, 0.05) is 32.1 Å². The lowest BCUT2D eigenvalue weighted by atomic mass is 10.1. The van der Waals surface area contributed by atoms with Crippen LogP contribution in [0.4, 0.5) is 0 Å². The molecule has 1 unspecified atom stereocenters. The summed E-state index contributed by atoms with van der Waals surface area (Å²) in [6.45, 7) is 9.90. The Morgan fingerprint density at radius 2 is 1.93 bits per heavy atom. The number of carbonyl (C=O) groups excluding carboxylic acids is 1. The third-order valence-electron chi connectivity index (χ3n) is 2.41. The molecule has 0 aromatic rings. The number of hydrogen-bond acceptors (Lipinski definition) is 2. The largest absolute Gasteiger partial charge is 0.344 e. The van der Waals surface area contributed by atoms with Gasteiger partial charge in [0.2, 0.25) is 5.91 Å². The molecule has 0 spiro atoms. The van der Waals surface area contributed by atoms with Crippen LogP contribution in [0, 0.1) is 5.92 Å². The van der Waals surface area contributed by atoms with Gasteiger partial charge in [0.25, 0.3) is 0 Å². The summed E-state index contributed by atoms with van der Waals surface area (Å²) < 4.78 is 0. The SMILES string of the molecule is CCC(C)C(=O)N(C)CCNC(C)C. The molecule has 0 bridgehead atoms. The van der Waals surface area contributed by atoms with Crippen LogP contribution in [0.15, 0.2) is 0 Å². The summed E-state index contributed by atoms with van der Waals surface area (Å²) >= 11 is 0. The second-order valence-electron chi connectivity index (χ2n) is 4.18. The minimum absolute atomic E-state index is 0.152. The van der Waals surface area contributed by atoms with Gasteiger partial charge in [0.1, 0.15) is 0 Å². The summed E-state index contributed by atoms with van der Waals surface area (Å²) in [7, 11) is 1.87. The minimum Gasteiger partial charge on any atom is -0.344 e. The molecule has 0 aliphatic heterocycles. The summed E-state index contributed by atoms with van der Waals surface area (Å²) in [5, 5.41) is 3.29. The molecule has 84 valence electrons. The monoisotopic (exact) mass is 200 g/mol. The predicted molar refractivity (Wildman–Crippen MR) is 60.2 cm³/mol. The number of carbonyl (C=O) groups is 1. The van der Waals surface area contributed by atoms with Crippen LogP contribution in [-0.4, -0.2) is 37.0 Å². The zero-order valence-electron chi connectivity index (χ0n) is 10.1. The summed E-state index contributed by atoms with van der Waals surface area (Å²) in [5.74, 6) is 0.400. The molecule has 0 rings (SSSR count). The van der Waals surface area contributed by atoms with Crippen molar-refractivity contribution in [3.63, 3.8) is 0 Å². The fraction of sp³-hybridized carbons (Fsp3) is 0.909. The first-order valence-electron chi connectivity index (χ1n) is 5.47. The Balaban J connectivity index is 3.73. The first kappa shape index (κ1) is 13.4. The van der Waals surface area contributed by atoms with E-state index in [4.69, 9.17) is 0 Å². The maximum Gasteiger partial charge on any atom is 0.225 e. The van der Waals surface area contributed by atoms with Crippen molar-refractivity contribution in [2.75, 3.05) is 20.1 Å². The Labute approximate surface area is 87.9 Å². The molecule has 1 N–H and O–H groups in total. The van der Waals surface area contributed by atoms with Gasteiger partial charge in [-0.2, -0.15) is 0 Å². The maximum absolute atomic E-state index is 11.6. The summed E-state index contributed by atoms with van der Waals surface area (Å²) in [6, 6.07) is 0.488. The van der Waals surface area contributed by atoms with E-state index in [1.54, 1.807) is 0 Å². The van der Waals surface area contributed by atoms with Crippen LogP contribution >= 0.6 is 0 Å². The van der Waals surface area contributed by atoms with E-state index in [-0.39, 0.29) is 11.8 Å². The molecule has 0 saturated carbocycles. The van der Waals surface area contributed by atoms with Crippen molar-refractivity contribution in [1.82, 2.24) is 10.2 Å². The molecule has 1 atom stereocenters. The Hall–Kier alpha value is -0.570. The highest BCUT2D eigenvalue weighted by molar-refractivity contribution is 5.78. The van der Waals surface area contributed by atoms with Gasteiger partial charge >= 0.3 is 0 Å². The van der Waals surface area contributed by atoms with Gasteiger partial charge in [-0.25, -0.2) is 0 Å². The molecular formula is C11H24N2O. The summed E-state index contributed by atoms with van der Waals surface area (Å²) in [5.41, 5.74) is 0. The molecule has 0 aromatic carbocycles. The van der Waals surface area contributed by atoms with E-state index < -0.39 is 0 Å². The van der Waals surface area contributed by atoms with Gasteiger partial charge in [-0.1, -0.05) is 27.7 Å². The standard InChI is InChI=1S/C11H24N2O/c1-6-10(4)11(14)13(5)8-7-12-9(2)3/h9-10,12H,6-8H2,1-5H3. The zero-order valence-corrected chi connectivity index (χ0v) is 10.1. The molecule has 0 aromatic heterocycles. The van der Waals surface area contributed by atoms with Crippen molar-refractivity contribution >= 4 is 5.91 Å². The molecule has 14 heavy (non-hydrogen) atoms. The third-order valence-corrected chi connectivity index (χ3v) is 2.41. The molecule has 0 fully saturated rings. The van der Waals surface area contributed by atoms with E-state index in [0.29, 0.717) is 6.04 Å². The second-order valence-corrected chi connectivity index (χ2v) is 4.18. The van der Waals surface area contributed by atoms with Crippen LogP contribution in [-0.2, 0) is 4.79 Å². The molecule has 0 heterocycles. The lowest BCUT2D eigenvalue weighted by Gasteiger charge is -2.21. The zero-order chi connectivity index (χ0) is 11.1. The number of nitrogens with zero attached hydrogens (tertiary/aromatic N) is 1. The average Bonchev–Trinajstić information content (AvgIpc) is 2.14. The van der Waals surface area contributed by atoms with Gasteiger partial charge in [-0.15, -0.1) is 0 Å². The van der Waals surface area contributed by atoms with Crippen LogP contribution in [0.3, 0.4) is 0 Å². The Morgan fingerprint density at radius 1 is 1.36 bits per heavy atom. The lowest BCUT2D eigenvalue weighted by molar-refractivity contribution is -0.133. The summed E-state index contributed by atoms with van der Waals surface area (Å²) in [6.07, 6.45) is 0.917. The molecular weight excluding hydrogens is 176 g/mol. The number of rotatable bonds is 6. The average molecular weight is 200 g/mol. The van der Waals surface area contributed by atoms with Crippen molar-refractivity contribution in [2.24, 2.45) is 5.92 Å². The van der Waals surface area contributed by atoms with E-state index >= 15 is 0 Å². The van der Waals surface area contributed by atoms with E-state index in [9.17, 15) is 4.79 Å². The van der Waals surface area contributed by atoms with Crippen LogP contribution < -0.4 is 5.32 Å². The molecule has 0 radical (unpaired) electrons. The first-order chi connectivity index (χ1) is 6.49. The van der Waals surface area contributed by atoms with Crippen LogP contribution in [0.25, 0.3) is 0 Å². The van der Waals surface area contributed by atoms with Crippen LogP contribution in [0.1, 0.15) is 34.1 Å².